The standard InChI is InChI=1S/C17H13ClN2O3S/c1-8-7-9(2)19-16-12(8)13(14(24-16)17(22)23)20-15(21)10-5-3-4-6-11(10)18/h3-7H,1-2H3,(H,20,21)(H,22,23). The second kappa shape index (κ2) is 6.22. The zero-order valence-electron chi connectivity index (χ0n) is 12.9. The summed E-state index contributed by atoms with van der Waals surface area (Å²) in [4.78, 5) is 29.1. The van der Waals surface area contributed by atoms with Crippen LogP contribution < -0.4 is 5.32 Å². The maximum absolute atomic E-state index is 12.5. The second-order valence-electron chi connectivity index (χ2n) is 5.31. The van der Waals surface area contributed by atoms with Crippen LogP contribution in [0.2, 0.25) is 5.02 Å². The number of hydrogen-bond donors (Lipinski definition) is 2. The van der Waals surface area contributed by atoms with Crippen molar-refractivity contribution in [1.29, 1.82) is 0 Å². The van der Waals surface area contributed by atoms with Crippen molar-refractivity contribution in [1.82, 2.24) is 4.98 Å². The van der Waals surface area contributed by atoms with Gasteiger partial charge in [0.15, 0.2) is 0 Å². The Balaban J connectivity index is 2.15. The molecule has 0 aliphatic heterocycles. The predicted octanol–water partition coefficient (Wildman–Crippen LogP) is 4.52. The molecule has 122 valence electrons. The average molecular weight is 361 g/mol. The smallest absolute Gasteiger partial charge is 0.348 e. The summed E-state index contributed by atoms with van der Waals surface area (Å²) in [5.74, 6) is -1.56. The number of benzene rings is 1. The molecular formula is C17H13ClN2O3S. The molecule has 1 aromatic carbocycles. The van der Waals surface area contributed by atoms with E-state index < -0.39 is 11.9 Å². The van der Waals surface area contributed by atoms with E-state index in [1.165, 1.54) is 0 Å². The number of nitrogens with one attached hydrogen (secondary N) is 1. The van der Waals surface area contributed by atoms with Crippen LogP contribution in [0.3, 0.4) is 0 Å². The van der Waals surface area contributed by atoms with Crippen LogP contribution in [-0.2, 0) is 0 Å². The van der Waals surface area contributed by atoms with Gasteiger partial charge in [0, 0.05) is 11.1 Å². The molecule has 0 aliphatic carbocycles. The zero-order valence-corrected chi connectivity index (χ0v) is 14.5. The van der Waals surface area contributed by atoms with Gasteiger partial charge in [-0.05, 0) is 37.6 Å². The minimum absolute atomic E-state index is 0.0478. The molecule has 0 radical (unpaired) electrons. The van der Waals surface area contributed by atoms with Crippen molar-refractivity contribution in [3.63, 3.8) is 0 Å². The fraction of sp³-hybridized carbons (Fsp3) is 0.118. The van der Waals surface area contributed by atoms with Crippen molar-refractivity contribution in [3.8, 4) is 0 Å². The maximum Gasteiger partial charge on any atom is 0.348 e. The highest BCUT2D eigenvalue weighted by atomic mass is 35.5. The Labute approximate surface area is 146 Å². The first kappa shape index (κ1) is 16.4. The van der Waals surface area contributed by atoms with Gasteiger partial charge in [-0.2, -0.15) is 0 Å². The number of amides is 1. The minimum Gasteiger partial charge on any atom is -0.477 e. The van der Waals surface area contributed by atoms with Crippen molar-refractivity contribution in [2.45, 2.75) is 13.8 Å². The fourth-order valence-electron chi connectivity index (χ4n) is 2.54. The highest BCUT2D eigenvalue weighted by Gasteiger charge is 2.23. The molecule has 0 spiro atoms. The molecule has 0 aliphatic rings. The Kier molecular flexibility index (Phi) is 4.26. The van der Waals surface area contributed by atoms with Crippen LogP contribution in [0.15, 0.2) is 30.3 Å². The van der Waals surface area contributed by atoms with E-state index in [-0.39, 0.29) is 16.1 Å². The molecule has 0 saturated heterocycles. The molecule has 2 heterocycles. The molecule has 5 nitrogen and oxygen atoms in total. The maximum atomic E-state index is 12.5. The highest BCUT2D eigenvalue weighted by Crippen LogP contribution is 2.37. The summed E-state index contributed by atoms with van der Waals surface area (Å²) in [6.45, 7) is 3.70. The number of halogens is 1. The molecule has 24 heavy (non-hydrogen) atoms. The topological polar surface area (TPSA) is 79.3 Å². The lowest BCUT2D eigenvalue weighted by atomic mass is 10.1. The quantitative estimate of drug-likeness (QED) is 0.719. The van der Waals surface area contributed by atoms with Gasteiger partial charge in [0.05, 0.1) is 16.3 Å². The van der Waals surface area contributed by atoms with Crippen molar-refractivity contribution in [3.05, 3.63) is 57.1 Å². The van der Waals surface area contributed by atoms with Gasteiger partial charge in [0.2, 0.25) is 0 Å². The Hall–Kier alpha value is -2.44. The third-order valence-electron chi connectivity index (χ3n) is 3.54. The van der Waals surface area contributed by atoms with Crippen LogP contribution in [-0.4, -0.2) is 22.0 Å². The first-order valence-electron chi connectivity index (χ1n) is 7.08. The Bertz CT molecular complexity index is 981. The Morgan fingerprint density at radius 3 is 2.62 bits per heavy atom. The summed E-state index contributed by atoms with van der Waals surface area (Å²) in [5, 5.41) is 13.1. The summed E-state index contributed by atoms with van der Waals surface area (Å²) in [6.07, 6.45) is 0. The van der Waals surface area contributed by atoms with E-state index >= 15 is 0 Å². The zero-order chi connectivity index (χ0) is 17.4. The molecule has 0 bridgehead atoms. The van der Waals surface area contributed by atoms with Crippen LogP contribution in [0.4, 0.5) is 5.69 Å². The van der Waals surface area contributed by atoms with Gasteiger partial charge in [-0.15, -0.1) is 11.3 Å². The lowest BCUT2D eigenvalue weighted by Crippen LogP contribution is -2.14. The molecule has 0 saturated carbocycles. The lowest BCUT2D eigenvalue weighted by molar-refractivity contribution is 0.0703. The number of aromatic nitrogens is 1. The normalized spacial score (nSPS) is 10.8. The van der Waals surface area contributed by atoms with Crippen molar-refractivity contribution >= 4 is 50.7 Å². The van der Waals surface area contributed by atoms with Gasteiger partial charge in [0.1, 0.15) is 9.71 Å². The largest absolute Gasteiger partial charge is 0.477 e. The molecule has 7 heteroatoms. The van der Waals surface area contributed by atoms with Gasteiger partial charge < -0.3 is 10.4 Å². The lowest BCUT2D eigenvalue weighted by Gasteiger charge is -2.08. The molecule has 0 fully saturated rings. The van der Waals surface area contributed by atoms with E-state index in [1.807, 2.05) is 19.9 Å². The van der Waals surface area contributed by atoms with Crippen LogP contribution in [0.1, 0.15) is 31.3 Å². The first-order valence-corrected chi connectivity index (χ1v) is 8.28. The molecule has 1 amide bonds. The van der Waals surface area contributed by atoms with Crippen molar-refractivity contribution < 1.29 is 14.7 Å². The Morgan fingerprint density at radius 2 is 1.96 bits per heavy atom. The van der Waals surface area contributed by atoms with Crippen LogP contribution in [0.5, 0.6) is 0 Å². The summed E-state index contributed by atoms with van der Waals surface area (Å²) >= 11 is 7.09. The molecular weight excluding hydrogens is 348 g/mol. The van der Waals surface area contributed by atoms with Gasteiger partial charge in [-0.25, -0.2) is 9.78 Å². The number of anilines is 1. The molecule has 0 unspecified atom stereocenters. The van der Waals surface area contributed by atoms with E-state index in [4.69, 9.17) is 11.6 Å². The molecule has 3 aromatic rings. The first-order chi connectivity index (χ1) is 11.4. The molecule has 2 N–H and O–H groups in total. The van der Waals surface area contributed by atoms with E-state index in [2.05, 4.69) is 10.3 Å². The van der Waals surface area contributed by atoms with Crippen molar-refractivity contribution in [2.75, 3.05) is 5.32 Å². The van der Waals surface area contributed by atoms with Crippen LogP contribution >= 0.6 is 22.9 Å². The van der Waals surface area contributed by atoms with Crippen molar-refractivity contribution in [2.24, 2.45) is 0 Å². The number of aromatic carboxylic acids is 1. The monoisotopic (exact) mass is 360 g/mol. The number of hydrogen-bond acceptors (Lipinski definition) is 4. The average Bonchev–Trinajstić information content (AvgIpc) is 2.86. The van der Waals surface area contributed by atoms with Crippen LogP contribution in [0, 0.1) is 13.8 Å². The second-order valence-corrected chi connectivity index (χ2v) is 6.71. The number of carbonyl (C=O) groups excluding carboxylic acids is 1. The number of fused-ring (bicyclic) bond motifs is 1. The number of carboxylic acid groups (broad SMARTS) is 1. The van der Waals surface area contributed by atoms with E-state index in [0.29, 0.717) is 15.2 Å². The number of aryl methyl sites for hydroxylation is 2. The third kappa shape index (κ3) is 2.86. The highest BCUT2D eigenvalue weighted by molar-refractivity contribution is 7.21. The van der Waals surface area contributed by atoms with Gasteiger partial charge in [-0.3, -0.25) is 4.79 Å². The molecule has 3 rings (SSSR count). The van der Waals surface area contributed by atoms with Crippen LogP contribution in [0.25, 0.3) is 10.2 Å². The number of thiophene rings is 1. The summed E-state index contributed by atoms with van der Waals surface area (Å²) in [5.41, 5.74) is 2.20. The van der Waals surface area contributed by atoms with Gasteiger partial charge in [-0.1, -0.05) is 23.7 Å². The number of rotatable bonds is 3. The van der Waals surface area contributed by atoms with E-state index in [1.54, 1.807) is 24.3 Å². The van der Waals surface area contributed by atoms with E-state index in [0.717, 1.165) is 22.6 Å². The fourth-order valence-corrected chi connectivity index (χ4v) is 3.85. The third-order valence-corrected chi connectivity index (χ3v) is 4.94. The van der Waals surface area contributed by atoms with Gasteiger partial charge >= 0.3 is 5.97 Å². The molecule has 2 aromatic heterocycles. The molecule has 0 atom stereocenters. The summed E-state index contributed by atoms with van der Waals surface area (Å²) in [6, 6.07) is 8.46. The number of carboxylic acids is 1. The summed E-state index contributed by atoms with van der Waals surface area (Å²) < 4.78 is 0. The SMILES string of the molecule is Cc1cc(C)c2c(NC(=O)c3ccccc3Cl)c(C(=O)O)sc2n1. The Morgan fingerprint density at radius 1 is 1.25 bits per heavy atom. The number of carbonyl (C=O) groups is 2. The van der Waals surface area contributed by atoms with E-state index in [9.17, 15) is 14.7 Å². The van der Waals surface area contributed by atoms with Gasteiger partial charge in [0.25, 0.3) is 5.91 Å². The summed E-state index contributed by atoms with van der Waals surface area (Å²) in [7, 11) is 0. The minimum atomic E-state index is -1.11. The predicted molar refractivity (Wildman–Crippen MR) is 95.5 cm³/mol. The number of pyridine rings is 1. The number of nitrogens with zero attached hydrogens (tertiary/aromatic N) is 1.